The lowest BCUT2D eigenvalue weighted by molar-refractivity contribution is -0.0938. The van der Waals surface area contributed by atoms with Crippen LogP contribution in [0.4, 0.5) is 0 Å². The van der Waals surface area contributed by atoms with Gasteiger partial charge in [-0.1, -0.05) is 0 Å². The van der Waals surface area contributed by atoms with Crippen molar-refractivity contribution in [1.82, 2.24) is 5.34 Å². The SMILES string of the molecule is C=N/N=N/N([O-])OC. The molecule has 0 saturated carbocycles. The topological polar surface area (TPSA) is 72.6 Å². The van der Waals surface area contributed by atoms with E-state index >= 15 is 0 Å². The number of hydrogen-bond acceptors (Lipinski definition) is 4. The van der Waals surface area contributed by atoms with Gasteiger partial charge in [0.15, 0.2) is 0 Å². The van der Waals surface area contributed by atoms with Gasteiger partial charge in [-0.2, -0.15) is 0 Å². The Balaban J connectivity index is 3.35. The third kappa shape index (κ3) is 3.19. The summed E-state index contributed by atoms with van der Waals surface area (Å²) in [6.45, 7) is 2.94. The minimum atomic E-state index is -0.0886. The molecule has 8 heavy (non-hydrogen) atoms. The quantitative estimate of drug-likeness (QED) is 0.303. The Morgan fingerprint density at radius 1 is 1.75 bits per heavy atom. The van der Waals surface area contributed by atoms with Crippen LogP contribution in [0.15, 0.2) is 15.5 Å². The second kappa shape index (κ2) is 4.16. The fraction of sp³-hybridized carbons (Fsp3) is 0.500. The second-order valence-electron chi connectivity index (χ2n) is 0.741. The van der Waals surface area contributed by atoms with Crippen LogP contribution in [-0.2, 0) is 4.84 Å². The minimum absolute atomic E-state index is 0.0886. The first-order valence-corrected chi connectivity index (χ1v) is 1.69. The molecule has 0 aromatic heterocycles. The van der Waals surface area contributed by atoms with E-state index in [0.29, 0.717) is 0 Å². The minimum Gasteiger partial charge on any atom is -0.715 e. The standard InChI is InChI=1S/C2H5N4O2/c1-3-4-5-6(7)8-2/h1H2,2H3/q-1/b5-4+. The molecule has 0 aliphatic heterocycles. The number of rotatable bonds is 3. The van der Waals surface area contributed by atoms with Crippen molar-refractivity contribution >= 4 is 6.72 Å². The molecule has 6 heteroatoms. The lowest BCUT2D eigenvalue weighted by Crippen LogP contribution is -2.03. The van der Waals surface area contributed by atoms with Gasteiger partial charge in [0.25, 0.3) is 0 Å². The Kier molecular flexibility index (Phi) is 3.63. The smallest absolute Gasteiger partial charge is 0.0648 e. The van der Waals surface area contributed by atoms with Gasteiger partial charge >= 0.3 is 0 Å². The van der Waals surface area contributed by atoms with Crippen molar-refractivity contribution in [2.75, 3.05) is 7.11 Å². The van der Waals surface area contributed by atoms with Gasteiger partial charge in [0.2, 0.25) is 0 Å². The van der Waals surface area contributed by atoms with Crippen molar-refractivity contribution in [3.05, 3.63) is 5.21 Å². The Hall–Kier alpha value is -1.01. The van der Waals surface area contributed by atoms with Crippen LogP contribution in [-0.4, -0.2) is 19.2 Å². The van der Waals surface area contributed by atoms with E-state index in [1.165, 1.54) is 0 Å². The van der Waals surface area contributed by atoms with Gasteiger partial charge in [-0.05, 0) is 10.4 Å². The number of nitrogens with zero attached hydrogens (tertiary/aromatic N) is 4. The molecule has 0 N–H and O–H groups in total. The van der Waals surface area contributed by atoms with Gasteiger partial charge in [0.05, 0.1) is 7.11 Å². The molecule has 0 unspecified atom stereocenters. The monoisotopic (exact) mass is 117 g/mol. The molecule has 0 radical (unpaired) electrons. The molecular weight excluding hydrogens is 112 g/mol. The highest BCUT2D eigenvalue weighted by molar-refractivity contribution is 5.22. The molecule has 0 amide bonds. The van der Waals surface area contributed by atoms with Crippen LogP contribution in [0.1, 0.15) is 0 Å². The molecule has 0 aliphatic carbocycles. The van der Waals surface area contributed by atoms with E-state index in [-0.39, 0.29) is 5.34 Å². The largest absolute Gasteiger partial charge is 0.715 e. The summed E-state index contributed by atoms with van der Waals surface area (Å²) in [5, 5.41) is 18.4. The van der Waals surface area contributed by atoms with Crippen molar-refractivity contribution in [2.45, 2.75) is 0 Å². The van der Waals surface area contributed by atoms with Gasteiger partial charge in [-0.3, -0.25) is 4.84 Å². The summed E-state index contributed by atoms with van der Waals surface area (Å²) in [6.07, 6.45) is 0. The fourth-order valence-electron chi connectivity index (χ4n) is 0.0975. The molecule has 46 valence electrons. The summed E-state index contributed by atoms with van der Waals surface area (Å²) in [5.41, 5.74) is 0. The van der Waals surface area contributed by atoms with Crippen LogP contribution in [0.25, 0.3) is 0 Å². The Labute approximate surface area is 46.0 Å². The third-order valence-electron chi connectivity index (χ3n) is 0.332. The number of hydrogen-bond donors (Lipinski definition) is 0. The van der Waals surface area contributed by atoms with E-state index in [1.54, 1.807) is 0 Å². The maximum Gasteiger partial charge on any atom is 0.0648 e. The molecule has 0 aliphatic rings. The van der Waals surface area contributed by atoms with Crippen molar-refractivity contribution in [3.8, 4) is 0 Å². The van der Waals surface area contributed by atoms with Crippen LogP contribution in [0.3, 0.4) is 0 Å². The maximum atomic E-state index is 9.92. The van der Waals surface area contributed by atoms with Gasteiger partial charge in [0.1, 0.15) is 0 Å². The van der Waals surface area contributed by atoms with Crippen LogP contribution in [0, 0.1) is 5.21 Å². The summed E-state index contributed by atoms with van der Waals surface area (Å²) in [6, 6.07) is 0. The van der Waals surface area contributed by atoms with E-state index < -0.39 is 0 Å². The molecule has 0 saturated heterocycles. The highest BCUT2D eigenvalue weighted by atomic mass is 16.9. The molecule has 0 bridgehead atoms. The van der Waals surface area contributed by atoms with E-state index in [9.17, 15) is 5.21 Å². The van der Waals surface area contributed by atoms with Crippen molar-refractivity contribution in [3.63, 3.8) is 0 Å². The first kappa shape index (κ1) is 6.99. The summed E-state index contributed by atoms with van der Waals surface area (Å²) < 4.78 is 0. The molecule has 0 spiro atoms. The lowest BCUT2D eigenvalue weighted by atomic mass is 11.7. The summed E-state index contributed by atoms with van der Waals surface area (Å²) >= 11 is 0. The van der Waals surface area contributed by atoms with Gasteiger partial charge in [0, 0.05) is 6.72 Å². The van der Waals surface area contributed by atoms with E-state index in [0.717, 1.165) is 7.11 Å². The highest BCUT2D eigenvalue weighted by Crippen LogP contribution is 1.84. The average molecular weight is 117 g/mol. The summed E-state index contributed by atoms with van der Waals surface area (Å²) in [5.74, 6) is 0. The fourth-order valence-corrected chi connectivity index (χ4v) is 0.0975. The molecule has 0 aromatic rings. The maximum absolute atomic E-state index is 9.92. The molecule has 6 nitrogen and oxygen atoms in total. The molecular formula is C2H5N4O2-. The van der Waals surface area contributed by atoms with Crippen molar-refractivity contribution < 1.29 is 4.84 Å². The van der Waals surface area contributed by atoms with E-state index in [2.05, 4.69) is 27.1 Å². The zero-order valence-corrected chi connectivity index (χ0v) is 4.31. The zero-order valence-electron chi connectivity index (χ0n) is 4.31. The van der Waals surface area contributed by atoms with Gasteiger partial charge in [-0.25, -0.2) is 5.34 Å². The molecule has 0 atom stereocenters. The van der Waals surface area contributed by atoms with Crippen molar-refractivity contribution in [1.29, 1.82) is 0 Å². The van der Waals surface area contributed by atoms with Crippen LogP contribution in [0.2, 0.25) is 0 Å². The summed E-state index contributed by atoms with van der Waals surface area (Å²) in [7, 11) is 1.16. The van der Waals surface area contributed by atoms with Crippen molar-refractivity contribution in [2.24, 2.45) is 15.5 Å². The van der Waals surface area contributed by atoms with Gasteiger partial charge in [-0.15, -0.1) is 5.10 Å². The first-order chi connectivity index (χ1) is 3.81. The van der Waals surface area contributed by atoms with Crippen LogP contribution >= 0.6 is 0 Å². The van der Waals surface area contributed by atoms with E-state index in [1.807, 2.05) is 0 Å². The normalized spacial score (nSPS) is 9.75. The summed E-state index contributed by atoms with van der Waals surface area (Å²) in [4.78, 5) is 3.98. The predicted molar refractivity (Wildman–Crippen MR) is 26.6 cm³/mol. The molecule has 0 aromatic carbocycles. The lowest BCUT2D eigenvalue weighted by Gasteiger charge is -2.16. The molecule has 0 heterocycles. The average Bonchev–Trinajstić information content (AvgIpc) is 1.83. The van der Waals surface area contributed by atoms with Crippen LogP contribution in [0.5, 0.6) is 0 Å². The highest BCUT2D eigenvalue weighted by Gasteiger charge is 1.71. The predicted octanol–water partition coefficient (Wildman–Crippen LogP) is 0.330. The Morgan fingerprint density at radius 2 is 2.38 bits per heavy atom. The molecule has 0 fully saturated rings. The first-order valence-electron chi connectivity index (χ1n) is 1.69. The Bertz CT molecular complexity index is 92.0. The van der Waals surface area contributed by atoms with E-state index in [4.69, 9.17) is 0 Å². The zero-order chi connectivity index (χ0) is 6.41. The second-order valence-corrected chi connectivity index (χ2v) is 0.741. The third-order valence-corrected chi connectivity index (χ3v) is 0.332. The molecule has 0 rings (SSSR count). The Morgan fingerprint density at radius 3 is 2.75 bits per heavy atom. The van der Waals surface area contributed by atoms with Gasteiger partial charge < -0.3 is 5.21 Å². The van der Waals surface area contributed by atoms with Crippen LogP contribution < -0.4 is 0 Å².